The van der Waals surface area contributed by atoms with Gasteiger partial charge in [0.1, 0.15) is 12.7 Å². The first-order valence-electron chi connectivity index (χ1n) is 7.46. The molecule has 2 heterocycles. The minimum absolute atomic E-state index is 0.170. The van der Waals surface area contributed by atoms with Crippen LogP contribution in [0.4, 0.5) is 23.7 Å². The molecule has 9 heteroatoms. The van der Waals surface area contributed by atoms with Gasteiger partial charge in [0.05, 0.1) is 12.1 Å². The normalized spacial score (nSPS) is 15.2. The molecule has 128 valence electrons. The first-order chi connectivity index (χ1) is 11.4. The van der Waals surface area contributed by atoms with Gasteiger partial charge in [-0.1, -0.05) is 6.07 Å². The quantitative estimate of drug-likeness (QED) is 0.934. The second kappa shape index (κ2) is 6.14. The fourth-order valence-corrected chi connectivity index (χ4v) is 2.85. The van der Waals surface area contributed by atoms with Crippen molar-refractivity contribution in [3.8, 4) is 0 Å². The molecule has 24 heavy (non-hydrogen) atoms. The van der Waals surface area contributed by atoms with Crippen molar-refractivity contribution in [3.05, 3.63) is 42.0 Å². The lowest BCUT2D eigenvalue weighted by Gasteiger charge is -2.22. The lowest BCUT2D eigenvalue weighted by molar-refractivity contribution is -0.138. The van der Waals surface area contributed by atoms with Gasteiger partial charge in [0.15, 0.2) is 0 Å². The number of amides is 2. The number of carbonyl (C=O) groups is 1. The van der Waals surface area contributed by atoms with Crippen molar-refractivity contribution in [2.24, 2.45) is 0 Å². The van der Waals surface area contributed by atoms with Crippen molar-refractivity contribution in [3.63, 3.8) is 0 Å². The standard InChI is InChI=1S/C15H16F3N5O/c1-10(7-22-9-19-8-20-22)21-14(24)23-6-5-11-12(15(16,17)18)3-2-4-13(11)23/h2-4,8-10H,5-7H2,1H3,(H,21,24). The van der Waals surface area contributed by atoms with Crippen LogP contribution in [0.15, 0.2) is 30.9 Å². The van der Waals surface area contributed by atoms with Gasteiger partial charge in [-0.25, -0.2) is 9.78 Å². The number of nitrogens with one attached hydrogen (secondary N) is 1. The first kappa shape index (κ1) is 16.3. The van der Waals surface area contributed by atoms with Gasteiger partial charge in [0, 0.05) is 18.3 Å². The van der Waals surface area contributed by atoms with Gasteiger partial charge in [0.2, 0.25) is 0 Å². The smallest absolute Gasteiger partial charge is 0.333 e. The summed E-state index contributed by atoms with van der Waals surface area (Å²) < 4.78 is 40.7. The third-order valence-corrected chi connectivity index (χ3v) is 3.88. The number of alkyl halides is 3. The Morgan fingerprint density at radius 3 is 2.88 bits per heavy atom. The zero-order valence-corrected chi connectivity index (χ0v) is 12.9. The Morgan fingerprint density at radius 1 is 1.42 bits per heavy atom. The van der Waals surface area contributed by atoms with Crippen molar-refractivity contribution < 1.29 is 18.0 Å². The van der Waals surface area contributed by atoms with Gasteiger partial charge in [-0.2, -0.15) is 18.3 Å². The molecule has 1 aromatic heterocycles. The zero-order chi connectivity index (χ0) is 17.3. The average molecular weight is 339 g/mol. The van der Waals surface area contributed by atoms with Crippen molar-refractivity contribution >= 4 is 11.7 Å². The van der Waals surface area contributed by atoms with Crippen LogP contribution < -0.4 is 10.2 Å². The molecule has 1 N–H and O–H groups in total. The van der Waals surface area contributed by atoms with Gasteiger partial charge in [-0.05, 0) is 31.0 Å². The number of hydrogen-bond donors (Lipinski definition) is 1. The van der Waals surface area contributed by atoms with Gasteiger partial charge in [-0.15, -0.1) is 0 Å². The van der Waals surface area contributed by atoms with E-state index in [1.54, 1.807) is 17.7 Å². The first-order valence-corrected chi connectivity index (χ1v) is 7.46. The van der Waals surface area contributed by atoms with Gasteiger partial charge in [-0.3, -0.25) is 9.58 Å². The number of fused-ring (bicyclic) bond motifs is 1. The Labute approximate surface area is 136 Å². The summed E-state index contributed by atoms with van der Waals surface area (Å²) in [5.74, 6) is 0. The number of rotatable bonds is 3. The molecule has 0 saturated carbocycles. The number of hydrogen-bond acceptors (Lipinski definition) is 3. The molecule has 2 amide bonds. The average Bonchev–Trinajstić information content (AvgIpc) is 3.14. The Bertz CT molecular complexity index is 729. The lowest BCUT2D eigenvalue weighted by atomic mass is 10.0. The topological polar surface area (TPSA) is 63.1 Å². The molecule has 0 saturated heterocycles. The molecule has 1 aliphatic rings. The molecule has 0 radical (unpaired) electrons. The lowest BCUT2D eigenvalue weighted by Crippen LogP contribution is -2.44. The van der Waals surface area contributed by atoms with Crippen LogP contribution in [0, 0.1) is 0 Å². The van der Waals surface area contributed by atoms with E-state index >= 15 is 0 Å². The van der Waals surface area contributed by atoms with Crippen LogP contribution in [-0.2, 0) is 19.1 Å². The molecule has 6 nitrogen and oxygen atoms in total. The number of benzene rings is 1. The Hall–Kier alpha value is -2.58. The molecule has 0 spiro atoms. The summed E-state index contributed by atoms with van der Waals surface area (Å²) in [6.07, 6.45) is -1.30. The van der Waals surface area contributed by atoms with E-state index in [2.05, 4.69) is 15.4 Å². The van der Waals surface area contributed by atoms with Crippen LogP contribution in [0.5, 0.6) is 0 Å². The minimum atomic E-state index is -4.42. The maximum atomic E-state index is 13.1. The summed E-state index contributed by atoms with van der Waals surface area (Å²) in [6, 6.07) is 3.26. The fraction of sp³-hybridized carbons (Fsp3) is 0.400. The van der Waals surface area contributed by atoms with Crippen LogP contribution in [-0.4, -0.2) is 33.4 Å². The maximum Gasteiger partial charge on any atom is 0.416 e. The second-order valence-corrected chi connectivity index (χ2v) is 5.67. The molecule has 0 bridgehead atoms. The number of halogens is 3. The molecule has 0 fully saturated rings. The molecular formula is C15H16F3N5O. The Balaban J connectivity index is 1.73. The number of anilines is 1. The molecule has 3 rings (SSSR count). The third kappa shape index (κ3) is 3.19. The highest BCUT2D eigenvalue weighted by molar-refractivity contribution is 5.94. The third-order valence-electron chi connectivity index (χ3n) is 3.88. The Kier molecular flexibility index (Phi) is 4.16. The predicted molar refractivity (Wildman–Crippen MR) is 80.5 cm³/mol. The SMILES string of the molecule is CC(Cn1cncn1)NC(=O)N1CCc2c1cccc2C(F)(F)F. The van der Waals surface area contributed by atoms with Crippen molar-refractivity contribution in [2.75, 3.05) is 11.4 Å². The van der Waals surface area contributed by atoms with E-state index in [9.17, 15) is 18.0 Å². The molecular weight excluding hydrogens is 323 g/mol. The van der Waals surface area contributed by atoms with E-state index in [1.807, 2.05) is 0 Å². The molecule has 1 atom stereocenters. The minimum Gasteiger partial charge on any atom is -0.333 e. The molecule has 0 aliphatic carbocycles. The summed E-state index contributed by atoms with van der Waals surface area (Å²) in [5.41, 5.74) is -0.190. The van der Waals surface area contributed by atoms with Crippen molar-refractivity contribution in [1.82, 2.24) is 20.1 Å². The van der Waals surface area contributed by atoms with E-state index in [0.717, 1.165) is 6.07 Å². The largest absolute Gasteiger partial charge is 0.416 e. The summed E-state index contributed by atoms with van der Waals surface area (Å²) in [7, 11) is 0. The monoisotopic (exact) mass is 339 g/mol. The van der Waals surface area contributed by atoms with Crippen molar-refractivity contribution in [1.29, 1.82) is 0 Å². The highest BCUT2D eigenvalue weighted by atomic mass is 19.4. The summed E-state index contributed by atoms with van der Waals surface area (Å²) in [4.78, 5) is 17.6. The van der Waals surface area contributed by atoms with Crippen molar-refractivity contribution in [2.45, 2.75) is 32.1 Å². The number of nitrogens with zero attached hydrogens (tertiary/aromatic N) is 4. The van der Waals surface area contributed by atoms with E-state index in [1.165, 1.54) is 23.6 Å². The van der Waals surface area contributed by atoms with E-state index in [0.29, 0.717) is 12.2 Å². The molecule has 1 unspecified atom stereocenters. The van der Waals surface area contributed by atoms with E-state index in [-0.39, 0.29) is 24.6 Å². The number of carbonyl (C=O) groups excluding carboxylic acids is 1. The van der Waals surface area contributed by atoms with Gasteiger partial charge in [0.25, 0.3) is 0 Å². The maximum absolute atomic E-state index is 13.1. The highest BCUT2D eigenvalue weighted by Crippen LogP contribution is 2.39. The van der Waals surface area contributed by atoms with E-state index in [4.69, 9.17) is 0 Å². The predicted octanol–water partition coefficient (Wildman–Crippen LogP) is 2.46. The second-order valence-electron chi connectivity index (χ2n) is 5.67. The number of urea groups is 1. The zero-order valence-electron chi connectivity index (χ0n) is 12.9. The van der Waals surface area contributed by atoms with Crippen LogP contribution in [0.1, 0.15) is 18.1 Å². The summed E-state index contributed by atoms with van der Waals surface area (Å²) in [5, 5.41) is 6.73. The van der Waals surface area contributed by atoms with E-state index < -0.39 is 17.8 Å². The van der Waals surface area contributed by atoms with Gasteiger partial charge < -0.3 is 5.32 Å². The molecule has 1 aliphatic heterocycles. The molecule has 1 aromatic carbocycles. The number of aromatic nitrogens is 3. The van der Waals surface area contributed by atoms with Gasteiger partial charge >= 0.3 is 12.2 Å². The highest BCUT2D eigenvalue weighted by Gasteiger charge is 2.37. The van der Waals surface area contributed by atoms with Crippen LogP contribution in [0.25, 0.3) is 0 Å². The van der Waals surface area contributed by atoms with Crippen LogP contribution in [0.2, 0.25) is 0 Å². The van der Waals surface area contributed by atoms with Crippen LogP contribution >= 0.6 is 0 Å². The molecule has 2 aromatic rings. The van der Waals surface area contributed by atoms with Crippen LogP contribution in [0.3, 0.4) is 0 Å². The Morgan fingerprint density at radius 2 is 2.21 bits per heavy atom. The summed E-state index contributed by atoms with van der Waals surface area (Å²) >= 11 is 0. The summed E-state index contributed by atoms with van der Waals surface area (Å²) in [6.45, 7) is 2.45. The fourth-order valence-electron chi connectivity index (χ4n) is 2.85.